The summed E-state index contributed by atoms with van der Waals surface area (Å²) >= 11 is 3.39. The minimum absolute atomic E-state index is 0.767. The average Bonchev–Trinajstić information content (AvgIpc) is 2.48. The second kappa shape index (κ2) is 6.16. The predicted octanol–water partition coefficient (Wildman–Crippen LogP) is 4.29. The number of halogens is 1. The van der Waals surface area contributed by atoms with E-state index in [-0.39, 0.29) is 0 Å². The molecule has 0 saturated heterocycles. The molecule has 2 nitrogen and oxygen atoms in total. The lowest BCUT2D eigenvalue weighted by molar-refractivity contribution is 0.681. The third kappa shape index (κ3) is 3.06. The van der Waals surface area contributed by atoms with Crippen molar-refractivity contribution >= 4 is 26.7 Å². The van der Waals surface area contributed by atoms with Crippen molar-refractivity contribution in [1.29, 1.82) is 0 Å². The first-order valence-electron chi connectivity index (χ1n) is 6.62. The van der Waals surface area contributed by atoms with E-state index in [0.29, 0.717) is 0 Å². The number of aromatic nitrogens is 1. The summed E-state index contributed by atoms with van der Waals surface area (Å²) in [5.41, 5.74) is 2.36. The summed E-state index contributed by atoms with van der Waals surface area (Å²) in [6.45, 7) is 1.61. The number of fused-ring (bicyclic) bond motifs is 1. The van der Waals surface area contributed by atoms with Crippen molar-refractivity contribution in [1.82, 2.24) is 10.3 Å². The van der Waals surface area contributed by atoms with Crippen LogP contribution >= 0.6 is 15.9 Å². The van der Waals surface area contributed by atoms with Gasteiger partial charge in [-0.25, -0.2) is 4.98 Å². The number of hydrogen-bond donors (Lipinski definition) is 1. The second-order valence-corrected chi connectivity index (χ2v) is 5.51. The number of pyridine rings is 1. The zero-order valence-corrected chi connectivity index (χ0v) is 12.6. The topological polar surface area (TPSA) is 24.9 Å². The van der Waals surface area contributed by atoms with Gasteiger partial charge in [0, 0.05) is 13.1 Å². The maximum absolute atomic E-state index is 4.42. The molecule has 0 spiro atoms. The molecular weight excluding hydrogens is 312 g/mol. The van der Waals surface area contributed by atoms with Gasteiger partial charge in [-0.15, -0.1) is 0 Å². The van der Waals surface area contributed by atoms with Crippen molar-refractivity contribution in [3.05, 3.63) is 76.5 Å². The molecule has 3 aromatic rings. The van der Waals surface area contributed by atoms with E-state index >= 15 is 0 Å². The summed E-state index contributed by atoms with van der Waals surface area (Å²) in [6.07, 6.45) is 0. The van der Waals surface area contributed by atoms with E-state index in [4.69, 9.17) is 0 Å². The highest BCUT2D eigenvalue weighted by Crippen LogP contribution is 2.18. The van der Waals surface area contributed by atoms with E-state index in [1.54, 1.807) is 0 Å². The number of rotatable bonds is 4. The lowest BCUT2D eigenvalue weighted by atomic mass is 10.0. The standard InChI is InChI=1S/C17H15BrN2/c18-17-10-4-8-15(20-17)12-19-11-14-7-3-6-13-5-1-2-9-16(13)14/h1-10,19H,11-12H2. The van der Waals surface area contributed by atoms with Crippen LogP contribution in [0, 0.1) is 0 Å². The van der Waals surface area contributed by atoms with Gasteiger partial charge in [0.25, 0.3) is 0 Å². The molecule has 0 aliphatic carbocycles. The van der Waals surface area contributed by atoms with Crippen LogP contribution in [0.5, 0.6) is 0 Å². The molecule has 100 valence electrons. The first-order chi connectivity index (χ1) is 9.83. The summed E-state index contributed by atoms with van der Waals surface area (Å²) in [7, 11) is 0. The molecule has 3 heteroatoms. The van der Waals surface area contributed by atoms with E-state index in [1.165, 1.54) is 16.3 Å². The fourth-order valence-corrected chi connectivity index (χ4v) is 2.70. The molecule has 1 heterocycles. The summed E-state index contributed by atoms with van der Waals surface area (Å²) in [5.74, 6) is 0. The third-order valence-electron chi connectivity index (χ3n) is 3.27. The molecule has 0 bridgehead atoms. The highest BCUT2D eigenvalue weighted by molar-refractivity contribution is 9.10. The van der Waals surface area contributed by atoms with E-state index in [0.717, 1.165) is 23.4 Å². The Morgan fingerprint density at radius 1 is 0.850 bits per heavy atom. The van der Waals surface area contributed by atoms with Crippen LogP contribution in [0.4, 0.5) is 0 Å². The van der Waals surface area contributed by atoms with Crippen molar-refractivity contribution in [3.8, 4) is 0 Å². The Kier molecular flexibility index (Phi) is 4.09. The monoisotopic (exact) mass is 326 g/mol. The number of nitrogens with one attached hydrogen (secondary N) is 1. The van der Waals surface area contributed by atoms with Gasteiger partial charge in [-0.1, -0.05) is 48.5 Å². The Labute approximate surface area is 127 Å². The van der Waals surface area contributed by atoms with Crippen molar-refractivity contribution in [2.24, 2.45) is 0 Å². The van der Waals surface area contributed by atoms with Gasteiger partial charge in [0.2, 0.25) is 0 Å². The lowest BCUT2D eigenvalue weighted by Crippen LogP contribution is -2.13. The van der Waals surface area contributed by atoms with Crippen LogP contribution in [0.15, 0.2) is 65.3 Å². The van der Waals surface area contributed by atoms with Crippen molar-refractivity contribution < 1.29 is 0 Å². The van der Waals surface area contributed by atoms with Gasteiger partial charge in [0.15, 0.2) is 0 Å². The molecule has 2 aromatic carbocycles. The van der Waals surface area contributed by atoms with Gasteiger partial charge >= 0.3 is 0 Å². The quantitative estimate of drug-likeness (QED) is 0.723. The van der Waals surface area contributed by atoms with E-state index in [2.05, 4.69) is 68.7 Å². The maximum Gasteiger partial charge on any atom is 0.106 e. The molecule has 0 fully saturated rings. The van der Waals surface area contributed by atoms with Crippen LogP contribution in [-0.4, -0.2) is 4.98 Å². The smallest absolute Gasteiger partial charge is 0.106 e. The average molecular weight is 327 g/mol. The molecule has 0 atom stereocenters. The Morgan fingerprint density at radius 3 is 2.55 bits per heavy atom. The zero-order chi connectivity index (χ0) is 13.8. The van der Waals surface area contributed by atoms with Crippen LogP contribution in [0.25, 0.3) is 10.8 Å². The Hall–Kier alpha value is -1.71. The molecule has 3 rings (SSSR count). The molecule has 1 aromatic heterocycles. The zero-order valence-electron chi connectivity index (χ0n) is 11.0. The molecule has 0 saturated carbocycles. The number of hydrogen-bond acceptors (Lipinski definition) is 2. The highest BCUT2D eigenvalue weighted by atomic mass is 79.9. The van der Waals surface area contributed by atoms with Crippen molar-refractivity contribution in [2.75, 3.05) is 0 Å². The molecule has 0 aliphatic rings. The lowest BCUT2D eigenvalue weighted by Gasteiger charge is -2.08. The molecule has 20 heavy (non-hydrogen) atoms. The van der Waals surface area contributed by atoms with Gasteiger partial charge in [-0.2, -0.15) is 0 Å². The van der Waals surface area contributed by atoms with Crippen LogP contribution in [0.2, 0.25) is 0 Å². The van der Waals surface area contributed by atoms with Gasteiger partial charge in [-0.3, -0.25) is 0 Å². The normalized spacial score (nSPS) is 10.8. The van der Waals surface area contributed by atoms with Crippen LogP contribution in [0.1, 0.15) is 11.3 Å². The fraction of sp³-hybridized carbons (Fsp3) is 0.118. The van der Waals surface area contributed by atoms with Crippen molar-refractivity contribution in [2.45, 2.75) is 13.1 Å². The molecule has 0 unspecified atom stereocenters. The highest BCUT2D eigenvalue weighted by Gasteiger charge is 2.00. The molecule has 0 aliphatic heterocycles. The second-order valence-electron chi connectivity index (χ2n) is 4.69. The van der Waals surface area contributed by atoms with Crippen molar-refractivity contribution in [3.63, 3.8) is 0 Å². The Balaban J connectivity index is 1.71. The summed E-state index contributed by atoms with van der Waals surface area (Å²) in [6, 6.07) is 20.9. The Bertz CT molecular complexity index is 720. The molecule has 0 radical (unpaired) electrons. The van der Waals surface area contributed by atoms with Gasteiger partial charge in [0.05, 0.1) is 5.69 Å². The van der Waals surface area contributed by atoms with Crippen LogP contribution < -0.4 is 5.32 Å². The largest absolute Gasteiger partial charge is 0.307 e. The summed E-state index contributed by atoms with van der Waals surface area (Å²) in [5, 5.41) is 6.05. The van der Waals surface area contributed by atoms with Gasteiger partial charge in [-0.05, 0) is 44.4 Å². The van der Waals surface area contributed by atoms with E-state index < -0.39 is 0 Å². The van der Waals surface area contributed by atoms with Gasteiger partial charge in [0.1, 0.15) is 4.60 Å². The first-order valence-corrected chi connectivity index (χ1v) is 7.41. The van der Waals surface area contributed by atoms with Crippen LogP contribution in [0.3, 0.4) is 0 Å². The van der Waals surface area contributed by atoms with E-state index in [9.17, 15) is 0 Å². The maximum atomic E-state index is 4.42. The minimum atomic E-state index is 0.767. The van der Waals surface area contributed by atoms with Gasteiger partial charge < -0.3 is 5.32 Å². The SMILES string of the molecule is Brc1cccc(CNCc2cccc3ccccc23)n1. The molecule has 0 amide bonds. The number of nitrogens with zero attached hydrogens (tertiary/aromatic N) is 1. The third-order valence-corrected chi connectivity index (χ3v) is 3.72. The molecule has 1 N–H and O–H groups in total. The van der Waals surface area contributed by atoms with Crippen LogP contribution in [-0.2, 0) is 13.1 Å². The Morgan fingerprint density at radius 2 is 1.65 bits per heavy atom. The summed E-state index contributed by atoms with van der Waals surface area (Å²) in [4.78, 5) is 4.42. The fourth-order valence-electron chi connectivity index (χ4n) is 2.32. The number of benzene rings is 2. The van der Waals surface area contributed by atoms with E-state index in [1.807, 2.05) is 18.2 Å². The summed E-state index contributed by atoms with van der Waals surface area (Å²) < 4.78 is 0.877. The predicted molar refractivity (Wildman–Crippen MR) is 86.4 cm³/mol. The first kappa shape index (κ1) is 13.3. The minimum Gasteiger partial charge on any atom is -0.307 e. The molecular formula is C17H15BrN2.